The van der Waals surface area contributed by atoms with Gasteiger partial charge >= 0.3 is 0 Å². The number of ether oxygens (including phenoxy) is 1. The van der Waals surface area contributed by atoms with Crippen molar-refractivity contribution in [3.63, 3.8) is 0 Å². The molecule has 0 saturated heterocycles. The number of benzene rings is 2. The molecule has 104 valence electrons. The minimum absolute atomic E-state index is 0.236. The van der Waals surface area contributed by atoms with Gasteiger partial charge in [-0.15, -0.1) is 0 Å². The summed E-state index contributed by atoms with van der Waals surface area (Å²) in [5, 5.41) is 9.86. The number of nitrogens with zero attached hydrogens (tertiary/aromatic N) is 2. The molecular formula is C17H13FN2O. The van der Waals surface area contributed by atoms with Crippen molar-refractivity contribution >= 4 is 10.9 Å². The van der Waals surface area contributed by atoms with E-state index in [-0.39, 0.29) is 5.82 Å². The Balaban J connectivity index is 1.97. The van der Waals surface area contributed by atoms with Gasteiger partial charge in [0.2, 0.25) is 0 Å². The summed E-state index contributed by atoms with van der Waals surface area (Å²) in [6, 6.07) is 14.2. The van der Waals surface area contributed by atoms with E-state index in [1.807, 2.05) is 29.0 Å². The Kier molecular flexibility index (Phi) is 3.33. The van der Waals surface area contributed by atoms with Gasteiger partial charge in [-0.1, -0.05) is 6.07 Å². The number of hydrogen-bond donors (Lipinski definition) is 0. The van der Waals surface area contributed by atoms with Crippen molar-refractivity contribution in [3.8, 4) is 11.8 Å². The Morgan fingerprint density at radius 2 is 2.05 bits per heavy atom. The summed E-state index contributed by atoms with van der Waals surface area (Å²) in [7, 11) is 1.55. The van der Waals surface area contributed by atoms with E-state index in [0.717, 1.165) is 16.5 Å². The molecule has 0 aliphatic heterocycles. The molecule has 0 unspecified atom stereocenters. The number of halogens is 1. The topological polar surface area (TPSA) is 38.0 Å². The lowest BCUT2D eigenvalue weighted by atomic mass is 10.1. The van der Waals surface area contributed by atoms with E-state index in [1.165, 1.54) is 12.1 Å². The van der Waals surface area contributed by atoms with Crippen molar-refractivity contribution in [3.05, 3.63) is 65.6 Å². The maximum atomic E-state index is 13.2. The van der Waals surface area contributed by atoms with Gasteiger partial charge in [0.25, 0.3) is 0 Å². The van der Waals surface area contributed by atoms with Crippen molar-refractivity contribution in [2.45, 2.75) is 6.54 Å². The molecule has 0 atom stereocenters. The minimum Gasteiger partial charge on any atom is -0.495 e. The van der Waals surface area contributed by atoms with Gasteiger partial charge in [-0.25, -0.2) is 4.39 Å². The molecule has 1 heterocycles. The molecule has 0 N–H and O–H groups in total. The molecule has 3 aromatic rings. The van der Waals surface area contributed by atoms with Gasteiger partial charge in [-0.05, 0) is 42.0 Å². The van der Waals surface area contributed by atoms with E-state index in [2.05, 4.69) is 6.07 Å². The van der Waals surface area contributed by atoms with Crippen LogP contribution in [0.5, 0.6) is 5.75 Å². The first kappa shape index (κ1) is 13.2. The third-order valence-electron chi connectivity index (χ3n) is 3.47. The van der Waals surface area contributed by atoms with Crippen molar-refractivity contribution in [2.75, 3.05) is 7.11 Å². The van der Waals surface area contributed by atoms with E-state index in [1.54, 1.807) is 19.2 Å². The number of aromatic nitrogens is 1. The predicted molar refractivity (Wildman–Crippen MR) is 78.7 cm³/mol. The Morgan fingerprint density at radius 3 is 2.81 bits per heavy atom. The minimum atomic E-state index is -0.236. The van der Waals surface area contributed by atoms with E-state index < -0.39 is 0 Å². The van der Waals surface area contributed by atoms with E-state index in [9.17, 15) is 4.39 Å². The number of nitriles is 1. The zero-order valence-electron chi connectivity index (χ0n) is 11.5. The maximum Gasteiger partial charge on any atom is 0.136 e. The first-order chi connectivity index (χ1) is 10.2. The fourth-order valence-electron chi connectivity index (χ4n) is 2.43. The van der Waals surface area contributed by atoms with E-state index in [0.29, 0.717) is 17.9 Å². The lowest BCUT2D eigenvalue weighted by Gasteiger charge is -2.09. The molecule has 0 bridgehead atoms. The molecule has 21 heavy (non-hydrogen) atoms. The first-order valence-electron chi connectivity index (χ1n) is 6.52. The van der Waals surface area contributed by atoms with Crippen molar-refractivity contribution in [1.82, 2.24) is 4.57 Å². The molecule has 0 aliphatic carbocycles. The summed E-state index contributed by atoms with van der Waals surface area (Å²) in [6.45, 7) is 0.636. The fourth-order valence-corrected chi connectivity index (χ4v) is 2.43. The highest BCUT2D eigenvalue weighted by Gasteiger charge is 2.06. The Hall–Kier alpha value is -2.80. The summed E-state index contributed by atoms with van der Waals surface area (Å²) in [6.07, 6.45) is 1.93. The number of hydrogen-bond acceptors (Lipinski definition) is 2. The van der Waals surface area contributed by atoms with Crippen LogP contribution in [0.4, 0.5) is 4.39 Å². The van der Waals surface area contributed by atoms with Gasteiger partial charge in [0.15, 0.2) is 0 Å². The number of methoxy groups -OCH3 is 1. The molecule has 2 aromatic carbocycles. The predicted octanol–water partition coefficient (Wildman–Crippen LogP) is 3.71. The summed E-state index contributed by atoms with van der Waals surface area (Å²) >= 11 is 0. The van der Waals surface area contributed by atoms with Crippen LogP contribution in [0.3, 0.4) is 0 Å². The lowest BCUT2D eigenvalue weighted by Crippen LogP contribution is -1.99. The standard InChI is InChI=1S/C17H13FN2O/c1-21-17-8-12(2-3-14(17)10-19)11-20-7-6-13-9-15(18)4-5-16(13)20/h2-9H,11H2,1H3. The van der Waals surface area contributed by atoms with Gasteiger partial charge < -0.3 is 9.30 Å². The van der Waals surface area contributed by atoms with Gasteiger partial charge in [0.05, 0.1) is 12.7 Å². The van der Waals surface area contributed by atoms with Crippen molar-refractivity contribution < 1.29 is 9.13 Å². The molecule has 0 aliphatic rings. The van der Waals surface area contributed by atoms with Crippen LogP contribution >= 0.6 is 0 Å². The highest BCUT2D eigenvalue weighted by Crippen LogP contribution is 2.22. The van der Waals surface area contributed by atoms with Crippen LogP contribution in [0.1, 0.15) is 11.1 Å². The second kappa shape index (κ2) is 5.29. The summed E-state index contributed by atoms with van der Waals surface area (Å²) in [5.74, 6) is 0.331. The Morgan fingerprint density at radius 1 is 1.19 bits per heavy atom. The van der Waals surface area contributed by atoms with Crippen LogP contribution in [-0.2, 0) is 6.54 Å². The highest BCUT2D eigenvalue weighted by molar-refractivity contribution is 5.80. The molecule has 0 spiro atoms. The zero-order chi connectivity index (χ0) is 14.8. The van der Waals surface area contributed by atoms with E-state index >= 15 is 0 Å². The second-order valence-corrected chi connectivity index (χ2v) is 4.79. The van der Waals surface area contributed by atoms with Gasteiger partial charge in [0, 0.05) is 23.6 Å². The molecule has 0 radical (unpaired) electrons. The monoisotopic (exact) mass is 280 g/mol. The third kappa shape index (κ3) is 2.46. The molecule has 0 saturated carbocycles. The Bertz CT molecular complexity index is 846. The second-order valence-electron chi connectivity index (χ2n) is 4.79. The van der Waals surface area contributed by atoms with Gasteiger partial charge in [0.1, 0.15) is 17.6 Å². The molecule has 0 amide bonds. The highest BCUT2D eigenvalue weighted by atomic mass is 19.1. The molecule has 0 fully saturated rings. The fraction of sp³-hybridized carbons (Fsp3) is 0.118. The van der Waals surface area contributed by atoms with Crippen LogP contribution in [0.2, 0.25) is 0 Å². The third-order valence-corrected chi connectivity index (χ3v) is 3.47. The summed E-state index contributed by atoms with van der Waals surface area (Å²) in [4.78, 5) is 0. The summed E-state index contributed by atoms with van der Waals surface area (Å²) in [5.41, 5.74) is 2.51. The molecule has 3 nitrogen and oxygen atoms in total. The molecule has 3 rings (SSSR count). The SMILES string of the molecule is COc1cc(Cn2ccc3cc(F)ccc32)ccc1C#N. The van der Waals surface area contributed by atoms with Gasteiger partial charge in [-0.3, -0.25) is 0 Å². The quantitative estimate of drug-likeness (QED) is 0.733. The average Bonchev–Trinajstić information content (AvgIpc) is 2.89. The zero-order valence-corrected chi connectivity index (χ0v) is 11.5. The van der Waals surface area contributed by atoms with Crippen LogP contribution in [0.15, 0.2) is 48.7 Å². The number of rotatable bonds is 3. The largest absolute Gasteiger partial charge is 0.495 e. The van der Waals surface area contributed by atoms with Crippen LogP contribution in [-0.4, -0.2) is 11.7 Å². The smallest absolute Gasteiger partial charge is 0.136 e. The molecular weight excluding hydrogens is 267 g/mol. The van der Waals surface area contributed by atoms with Crippen LogP contribution in [0.25, 0.3) is 10.9 Å². The van der Waals surface area contributed by atoms with Crippen LogP contribution in [0, 0.1) is 17.1 Å². The maximum absolute atomic E-state index is 13.2. The van der Waals surface area contributed by atoms with Gasteiger partial charge in [-0.2, -0.15) is 5.26 Å². The number of fused-ring (bicyclic) bond motifs is 1. The first-order valence-corrected chi connectivity index (χ1v) is 6.52. The molecule has 4 heteroatoms. The van der Waals surface area contributed by atoms with Crippen molar-refractivity contribution in [1.29, 1.82) is 5.26 Å². The summed E-state index contributed by atoms with van der Waals surface area (Å²) < 4.78 is 20.5. The van der Waals surface area contributed by atoms with Crippen molar-refractivity contribution in [2.24, 2.45) is 0 Å². The van der Waals surface area contributed by atoms with E-state index in [4.69, 9.17) is 10.00 Å². The average molecular weight is 280 g/mol. The van der Waals surface area contributed by atoms with Crippen LogP contribution < -0.4 is 4.74 Å². The lowest BCUT2D eigenvalue weighted by molar-refractivity contribution is 0.413. The Labute approximate surface area is 121 Å². The normalized spacial score (nSPS) is 10.5. The molecule has 1 aromatic heterocycles.